The number of carbonyl (C=O) groups is 2. The molecule has 4 nitrogen and oxygen atoms in total. The summed E-state index contributed by atoms with van der Waals surface area (Å²) in [5, 5.41) is 8.42. The standard InChI is InChI=1S/C8H14O4S2/c1-12-8(11)3-5-14-13-4-2-7(10)6-9/h9H,2-6H2,1H3. The molecule has 0 aromatic rings. The molecule has 0 saturated heterocycles. The molecule has 6 heteroatoms. The molecule has 0 aromatic heterocycles. The summed E-state index contributed by atoms with van der Waals surface area (Å²) in [6, 6.07) is 0. The highest BCUT2D eigenvalue weighted by molar-refractivity contribution is 8.76. The fourth-order valence-corrected chi connectivity index (χ4v) is 2.58. The van der Waals surface area contributed by atoms with Crippen LogP contribution in [0.5, 0.6) is 0 Å². The van der Waals surface area contributed by atoms with Gasteiger partial charge in [-0.2, -0.15) is 0 Å². The summed E-state index contributed by atoms with van der Waals surface area (Å²) in [6.07, 6.45) is 0.772. The highest BCUT2D eigenvalue weighted by Crippen LogP contribution is 2.22. The number of carbonyl (C=O) groups excluding carboxylic acids is 2. The summed E-state index contributed by atoms with van der Waals surface area (Å²) >= 11 is 0. The molecule has 82 valence electrons. The number of esters is 1. The average Bonchev–Trinajstić information content (AvgIpc) is 2.22. The van der Waals surface area contributed by atoms with Crippen LogP contribution in [0.2, 0.25) is 0 Å². The van der Waals surface area contributed by atoms with Crippen molar-refractivity contribution < 1.29 is 19.4 Å². The zero-order valence-corrected chi connectivity index (χ0v) is 9.66. The minimum Gasteiger partial charge on any atom is -0.469 e. The molecule has 0 bridgehead atoms. The Morgan fingerprint density at radius 2 is 1.79 bits per heavy atom. The molecule has 0 radical (unpaired) electrons. The molecular weight excluding hydrogens is 224 g/mol. The molecule has 0 heterocycles. The first kappa shape index (κ1) is 13.8. The zero-order valence-electron chi connectivity index (χ0n) is 8.02. The van der Waals surface area contributed by atoms with Crippen LogP contribution >= 0.6 is 21.6 Å². The van der Waals surface area contributed by atoms with Gasteiger partial charge in [-0.3, -0.25) is 9.59 Å². The first-order chi connectivity index (χ1) is 6.70. The van der Waals surface area contributed by atoms with Gasteiger partial charge in [0.05, 0.1) is 13.5 Å². The van der Waals surface area contributed by atoms with Crippen LogP contribution in [0.15, 0.2) is 0 Å². The fraction of sp³-hybridized carbons (Fsp3) is 0.750. The summed E-state index contributed by atoms with van der Waals surface area (Å²) in [5.41, 5.74) is 0. The first-order valence-corrected chi connectivity index (χ1v) is 6.63. The van der Waals surface area contributed by atoms with E-state index in [1.165, 1.54) is 28.7 Å². The van der Waals surface area contributed by atoms with Crippen molar-refractivity contribution in [3.8, 4) is 0 Å². The Hall–Kier alpha value is -0.200. The molecule has 0 amide bonds. The number of Topliss-reactive ketones (excluding diaryl/α,β-unsaturated/α-hetero) is 1. The van der Waals surface area contributed by atoms with Gasteiger partial charge in [-0.25, -0.2) is 0 Å². The third kappa shape index (κ3) is 8.40. The maximum absolute atomic E-state index is 10.7. The van der Waals surface area contributed by atoms with Crippen LogP contribution in [-0.2, 0) is 14.3 Å². The van der Waals surface area contributed by atoms with Gasteiger partial charge in [0, 0.05) is 17.9 Å². The van der Waals surface area contributed by atoms with Crippen molar-refractivity contribution in [2.45, 2.75) is 12.8 Å². The zero-order chi connectivity index (χ0) is 10.8. The number of methoxy groups -OCH3 is 1. The Kier molecular flexibility index (Phi) is 9.23. The molecule has 0 aliphatic carbocycles. The van der Waals surface area contributed by atoms with Crippen LogP contribution in [-0.4, -0.2) is 42.1 Å². The van der Waals surface area contributed by atoms with Crippen LogP contribution < -0.4 is 0 Å². The van der Waals surface area contributed by atoms with E-state index >= 15 is 0 Å². The van der Waals surface area contributed by atoms with Crippen molar-refractivity contribution in [3.05, 3.63) is 0 Å². The molecule has 0 aliphatic rings. The smallest absolute Gasteiger partial charge is 0.306 e. The number of ether oxygens (including phenoxy) is 1. The summed E-state index contributed by atoms with van der Waals surface area (Å²) < 4.78 is 4.46. The summed E-state index contributed by atoms with van der Waals surface area (Å²) in [4.78, 5) is 21.3. The maximum atomic E-state index is 10.7. The molecule has 0 saturated carbocycles. The van der Waals surface area contributed by atoms with E-state index in [1.807, 2.05) is 0 Å². The molecule has 14 heavy (non-hydrogen) atoms. The lowest BCUT2D eigenvalue weighted by atomic mass is 10.3. The Morgan fingerprint density at radius 1 is 1.21 bits per heavy atom. The van der Waals surface area contributed by atoms with Gasteiger partial charge >= 0.3 is 5.97 Å². The van der Waals surface area contributed by atoms with E-state index in [9.17, 15) is 9.59 Å². The first-order valence-electron chi connectivity index (χ1n) is 4.14. The Bertz CT molecular complexity index is 164. The topological polar surface area (TPSA) is 63.6 Å². The lowest BCUT2D eigenvalue weighted by Crippen LogP contribution is -2.04. The van der Waals surface area contributed by atoms with Crippen molar-refractivity contribution in [1.82, 2.24) is 0 Å². The van der Waals surface area contributed by atoms with E-state index in [1.54, 1.807) is 0 Å². The second kappa shape index (κ2) is 9.36. The van der Waals surface area contributed by atoms with Crippen LogP contribution in [0.3, 0.4) is 0 Å². The van der Waals surface area contributed by atoms with E-state index in [-0.39, 0.29) is 18.4 Å². The van der Waals surface area contributed by atoms with Gasteiger partial charge in [-0.1, -0.05) is 21.6 Å². The third-order valence-corrected chi connectivity index (χ3v) is 3.75. The summed E-state index contributed by atoms with van der Waals surface area (Å²) in [7, 11) is 4.42. The van der Waals surface area contributed by atoms with Crippen molar-refractivity contribution in [1.29, 1.82) is 0 Å². The number of hydrogen-bond donors (Lipinski definition) is 1. The second-order valence-electron chi connectivity index (χ2n) is 2.42. The summed E-state index contributed by atoms with van der Waals surface area (Å²) in [6.45, 7) is -0.382. The Labute approximate surface area is 91.2 Å². The van der Waals surface area contributed by atoms with Crippen LogP contribution in [0.4, 0.5) is 0 Å². The van der Waals surface area contributed by atoms with Crippen molar-refractivity contribution in [2.24, 2.45) is 0 Å². The molecule has 0 unspecified atom stereocenters. The van der Waals surface area contributed by atoms with E-state index in [2.05, 4.69) is 4.74 Å². The van der Waals surface area contributed by atoms with Gasteiger partial charge in [0.15, 0.2) is 5.78 Å². The number of aliphatic hydroxyl groups excluding tert-OH is 1. The molecule has 0 atom stereocenters. The third-order valence-electron chi connectivity index (χ3n) is 1.34. The quantitative estimate of drug-likeness (QED) is 0.385. The van der Waals surface area contributed by atoms with Gasteiger partial charge in [-0.05, 0) is 0 Å². The lowest BCUT2D eigenvalue weighted by Gasteiger charge is -1.99. The average molecular weight is 238 g/mol. The van der Waals surface area contributed by atoms with Crippen molar-refractivity contribution >= 4 is 33.3 Å². The highest BCUT2D eigenvalue weighted by Gasteiger charge is 2.01. The lowest BCUT2D eigenvalue weighted by molar-refractivity contribution is -0.140. The minimum absolute atomic E-state index is 0.147. The van der Waals surface area contributed by atoms with Crippen LogP contribution in [0.25, 0.3) is 0 Å². The summed E-state index contributed by atoms with van der Waals surface area (Å²) in [5.74, 6) is 0.992. The number of ketones is 1. The Morgan fingerprint density at radius 3 is 2.29 bits per heavy atom. The van der Waals surface area contributed by atoms with Crippen LogP contribution in [0.1, 0.15) is 12.8 Å². The van der Waals surface area contributed by atoms with E-state index in [4.69, 9.17) is 5.11 Å². The predicted molar refractivity (Wildman–Crippen MR) is 58.3 cm³/mol. The second-order valence-corrected chi connectivity index (χ2v) is 5.12. The molecule has 0 aliphatic heterocycles. The molecule has 1 N–H and O–H groups in total. The van der Waals surface area contributed by atoms with Gasteiger partial charge in [-0.15, -0.1) is 0 Å². The SMILES string of the molecule is COC(=O)CCSSCCC(=O)CO. The van der Waals surface area contributed by atoms with Gasteiger partial charge in [0.2, 0.25) is 0 Å². The molecule has 0 fully saturated rings. The van der Waals surface area contributed by atoms with Crippen molar-refractivity contribution in [3.63, 3.8) is 0 Å². The number of aliphatic hydroxyl groups is 1. The molecule has 0 aromatic carbocycles. The number of rotatable bonds is 8. The number of hydrogen-bond acceptors (Lipinski definition) is 6. The van der Waals surface area contributed by atoms with E-state index in [0.29, 0.717) is 24.3 Å². The molecular formula is C8H14O4S2. The van der Waals surface area contributed by atoms with E-state index < -0.39 is 0 Å². The monoisotopic (exact) mass is 238 g/mol. The van der Waals surface area contributed by atoms with Gasteiger partial charge < -0.3 is 9.84 Å². The predicted octanol–water partition coefficient (Wildman–Crippen LogP) is 0.882. The van der Waals surface area contributed by atoms with Crippen molar-refractivity contribution in [2.75, 3.05) is 25.2 Å². The van der Waals surface area contributed by atoms with Gasteiger partial charge in [0.25, 0.3) is 0 Å². The van der Waals surface area contributed by atoms with E-state index in [0.717, 1.165) is 0 Å². The largest absolute Gasteiger partial charge is 0.469 e. The molecule has 0 rings (SSSR count). The fourth-order valence-electron chi connectivity index (χ4n) is 0.579. The normalized spacial score (nSPS) is 9.86. The van der Waals surface area contributed by atoms with Gasteiger partial charge in [0.1, 0.15) is 6.61 Å². The maximum Gasteiger partial charge on any atom is 0.306 e. The van der Waals surface area contributed by atoms with Crippen LogP contribution in [0, 0.1) is 0 Å². The molecule has 0 spiro atoms. The minimum atomic E-state index is -0.382. The Balaban J connectivity index is 3.14. The highest BCUT2D eigenvalue weighted by atomic mass is 33.1.